The number of ether oxygens (including phenoxy) is 1. The number of nitrogens with zero attached hydrogens (tertiary/aromatic N) is 3. The molecular formula is C18H24N4O3. The molecule has 2 aromatic rings. The Kier molecular flexibility index (Phi) is 5.43. The van der Waals surface area contributed by atoms with Crippen molar-refractivity contribution in [2.45, 2.75) is 51.7 Å². The molecule has 0 radical (unpaired) electrons. The molecule has 1 aliphatic carbocycles. The van der Waals surface area contributed by atoms with Gasteiger partial charge in [-0.05, 0) is 51.7 Å². The predicted molar refractivity (Wildman–Crippen MR) is 91.6 cm³/mol. The molecule has 0 aromatic carbocycles. The molecule has 1 fully saturated rings. The molecule has 0 unspecified atom stereocenters. The molecule has 0 saturated heterocycles. The maximum Gasteiger partial charge on any atom is 0.249 e. The first-order valence-electron chi connectivity index (χ1n) is 8.66. The highest BCUT2D eigenvalue weighted by molar-refractivity contribution is 5.79. The molecule has 3 rings (SSSR count). The van der Waals surface area contributed by atoms with Crippen molar-refractivity contribution in [3.05, 3.63) is 29.9 Å². The fraction of sp³-hybridized carbons (Fsp3) is 0.556. The van der Waals surface area contributed by atoms with E-state index in [1.54, 1.807) is 13.3 Å². The Morgan fingerprint density at radius 1 is 1.36 bits per heavy atom. The Hall–Kier alpha value is -2.28. The van der Waals surface area contributed by atoms with Gasteiger partial charge < -0.3 is 14.6 Å². The monoisotopic (exact) mass is 344 g/mol. The van der Waals surface area contributed by atoms with Gasteiger partial charge in [-0.15, -0.1) is 0 Å². The highest BCUT2D eigenvalue weighted by atomic mass is 16.5. The van der Waals surface area contributed by atoms with Crippen molar-refractivity contribution in [1.29, 1.82) is 0 Å². The quantitative estimate of drug-likeness (QED) is 0.897. The van der Waals surface area contributed by atoms with Crippen molar-refractivity contribution in [3.8, 4) is 11.4 Å². The smallest absolute Gasteiger partial charge is 0.249 e. The zero-order valence-corrected chi connectivity index (χ0v) is 14.9. The van der Waals surface area contributed by atoms with Crippen LogP contribution < -0.4 is 5.32 Å². The van der Waals surface area contributed by atoms with E-state index in [0.29, 0.717) is 11.7 Å². The third-order valence-corrected chi connectivity index (χ3v) is 4.70. The SMILES string of the molecule is COC1CCC(C(=O)N[C@@H](C)c2nc(-c3ccnc(C)c3)no2)CC1. The molecular weight excluding hydrogens is 320 g/mol. The molecule has 2 heterocycles. The number of aromatic nitrogens is 3. The van der Waals surface area contributed by atoms with Gasteiger partial charge >= 0.3 is 0 Å². The summed E-state index contributed by atoms with van der Waals surface area (Å²) >= 11 is 0. The van der Waals surface area contributed by atoms with E-state index in [4.69, 9.17) is 9.26 Å². The van der Waals surface area contributed by atoms with Crippen LogP contribution >= 0.6 is 0 Å². The molecule has 1 N–H and O–H groups in total. The second kappa shape index (κ2) is 7.74. The van der Waals surface area contributed by atoms with Crippen LogP contribution in [0.15, 0.2) is 22.9 Å². The van der Waals surface area contributed by atoms with Crippen LogP contribution in [0.3, 0.4) is 0 Å². The van der Waals surface area contributed by atoms with Crippen LogP contribution in [-0.4, -0.2) is 34.2 Å². The molecule has 7 heteroatoms. The van der Waals surface area contributed by atoms with Crippen molar-refractivity contribution in [2.24, 2.45) is 5.92 Å². The number of hydrogen-bond acceptors (Lipinski definition) is 6. The fourth-order valence-corrected chi connectivity index (χ4v) is 3.17. The van der Waals surface area contributed by atoms with Gasteiger partial charge in [0, 0.05) is 30.5 Å². The summed E-state index contributed by atoms with van der Waals surface area (Å²) in [6.07, 6.45) is 5.54. The Morgan fingerprint density at radius 2 is 2.12 bits per heavy atom. The third kappa shape index (κ3) is 4.22. The van der Waals surface area contributed by atoms with E-state index in [1.165, 1.54) is 0 Å². The minimum Gasteiger partial charge on any atom is -0.381 e. The second-order valence-electron chi connectivity index (χ2n) is 6.58. The van der Waals surface area contributed by atoms with Gasteiger partial charge in [0.2, 0.25) is 17.6 Å². The number of carbonyl (C=O) groups excluding carboxylic acids is 1. The van der Waals surface area contributed by atoms with Gasteiger partial charge in [0.25, 0.3) is 0 Å². The van der Waals surface area contributed by atoms with Crippen molar-refractivity contribution in [2.75, 3.05) is 7.11 Å². The average molecular weight is 344 g/mol. The number of nitrogens with one attached hydrogen (secondary N) is 1. The summed E-state index contributed by atoms with van der Waals surface area (Å²) < 4.78 is 10.7. The minimum absolute atomic E-state index is 0.0269. The summed E-state index contributed by atoms with van der Waals surface area (Å²) in [5, 5.41) is 6.99. The van der Waals surface area contributed by atoms with Crippen LogP contribution in [0.25, 0.3) is 11.4 Å². The minimum atomic E-state index is -0.322. The van der Waals surface area contributed by atoms with Gasteiger partial charge in [0.05, 0.1) is 6.10 Å². The summed E-state index contributed by atoms with van der Waals surface area (Å²) in [6, 6.07) is 3.41. The van der Waals surface area contributed by atoms with Gasteiger partial charge in [-0.1, -0.05) is 5.16 Å². The fourth-order valence-electron chi connectivity index (χ4n) is 3.17. The predicted octanol–water partition coefficient (Wildman–Crippen LogP) is 2.82. The summed E-state index contributed by atoms with van der Waals surface area (Å²) in [7, 11) is 1.73. The topological polar surface area (TPSA) is 90.1 Å². The molecule has 7 nitrogen and oxygen atoms in total. The van der Waals surface area contributed by atoms with Crippen LogP contribution in [0, 0.1) is 12.8 Å². The van der Waals surface area contributed by atoms with Crippen LogP contribution in [0.5, 0.6) is 0 Å². The lowest BCUT2D eigenvalue weighted by Gasteiger charge is -2.27. The second-order valence-corrected chi connectivity index (χ2v) is 6.58. The van der Waals surface area contributed by atoms with Gasteiger partial charge in [-0.3, -0.25) is 9.78 Å². The lowest BCUT2D eigenvalue weighted by molar-refractivity contribution is -0.127. The number of methoxy groups -OCH3 is 1. The molecule has 134 valence electrons. The largest absolute Gasteiger partial charge is 0.381 e. The van der Waals surface area contributed by atoms with Crippen molar-refractivity contribution < 1.29 is 14.1 Å². The average Bonchev–Trinajstić information content (AvgIpc) is 3.12. The molecule has 2 aromatic heterocycles. The Balaban J connectivity index is 1.60. The van der Waals surface area contributed by atoms with E-state index in [0.717, 1.165) is 36.9 Å². The zero-order chi connectivity index (χ0) is 17.8. The number of hydrogen-bond donors (Lipinski definition) is 1. The van der Waals surface area contributed by atoms with E-state index in [1.807, 2.05) is 26.0 Å². The maximum absolute atomic E-state index is 12.4. The van der Waals surface area contributed by atoms with Gasteiger partial charge in [0.15, 0.2) is 0 Å². The van der Waals surface area contributed by atoms with E-state index >= 15 is 0 Å². The lowest BCUT2D eigenvalue weighted by Crippen LogP contribution is -2.36. The summed E-state index contributed by atoms with van der Waals surface area (Å²) in [4.78, 5) is 21.0. The van der Waals surface area contributed by atoms with Crippen molar-refractivity contribution in [3.63, 3.8) is 0 Å². The lowest BCUT2D eigenvalue weighted by atomic mass is 9.86. The maximum atomic E-state index is 12.4. The third-order valence-electron chi connectivity index (χ3n) is 4.70. The molecule has 0 aliphatic heterocycles. The van der Waals surface area contributed by atoms with E-state index in [-0.39, 0.29) is 24.0 Å². The molecule has 0 bridgehead atoms. The molecule has 1 aliphatic rings. The number of aryl methyl sites for hydroxylation is 1. The molecule has 0 spiro atoms. The summed E-state index contributed by atoms with van der Waals surface area (Å²) in [5.41, 5.74) is 1.73. The highest BCUT2D eigenvalue weighted by Gasteiger charge is 2.28. The molecule has 1 amide bonds. The number of amides is 1. The first-order valence-corrected chi connectivity index (χ1v) is 8.66. The Morgan fingerprint density at radius 3 is 2.80 bits per heavy atom. The van der Waals surface area contributed by atoms with Crippen LogP contribution in [0.2, 0.25) is 0 Å². The van der Waals surface area contributed by atoms with Gasteiger partial charge in [0.1, 0.15) is 6.04 Å². The van der Waals surface area contributed by atoms with Crippen LogP contribution in [0.1, 0.15) is 50.2 Å². The number of pyridine rings is 1. The molecule has 1 saturated carbocycles. The van der Waals surface area contributed by atoms with E-state index in [2.05, 4.69) is 20.4 Å². The number of carbonyl (C=O) groups is 1. The van der Waals surface area contributed by atoms with E-state index in [9.17, 15) is 4.79 Å². The summed E-state index contributed by atoms with van der Waals surface area (Å²) in [6.45, 7) is 3.76. The Labute approximate surface area is 147 Å². The van der Waals surface area contributed by atoms with Crippen LogP contribution in [-0.2, 0) is 9.53 Å². The van der Waals surface area contributed by atoms with Gasteiger partial charge in [-0.25, -0.2) is 0 Å². The van der Waals surface area contributed by atoms with Crippen molar-refractivity contribution in [1.82, 2.24) is 20.4 Å². The normalized spacial score (nSPS) is 21.7. The molecule has 1 atom stereocenters. The first kappa shape index (κ1) is 17.5. The van der Waals surface area contributed by atoms with Gasteiger partial charge in [-0.2, -0.15) is 4.98 Å². The highest BCUT2D eigenvalue weighted by Crippen LogP contribution is 2.27. The van der Waals surface area contributed by atoms with Crippen LogP contribution in [0.4, 0.5) is 0 Å². The van der Waals surface area contributed by atoms with E-state index < -0.39 is 0 Å². The number of rotatable bonds is 5. The van der Waals surface area contributed by atoms with Crippen molar-refractivity contribution >= 4 is 5.91 Å². The molecule has 25 heavy (non-hydrogen) atoms. The summed E-state index contributed by atoms with van der Waals surface area (Å²) in [5.74, 6) is 0.978. The zero-order valence-electron chi connectivity index (χ0n) is 14.9. The first-order chi connectivity index (χ1) is 12.1. The standard InChI is InChI=1S/C18H24N4O3/c1-11-10-14(8-9-19-11)16-21-18(25-22-16)12(2)20-17(23)13-4-6-15(24-3)7-5-13/h8-10,12-13,15H,4-7H2,1-3H3,(H,20,23)/t12-,13?,15?/m0/s1. The Bertz CT molecular complexity index is 723.